The Labute approximate surface area is 126 Å². The second-order valence-corrected chi connectivity index (χ2v) is 5.30. The largest absolute Gasteiger partial charge is 0.477 e. The SMILES string of the molecule is Cc1cc(F)cc(CCc2ccc3nccn3c2C(=O)O)c1. The fourth-order valence-corrected chi connectivity index (χ4v) is 2.71. The van der Waals surface area contributed by atoms with Gasteiger partial charge in [0.1, 0.15) is 17.2 Å². The number of aryl methyl sites for hydroxylation is 3. The lowest BCUT2D eigenvalue weighted by Crippen LogP contribution is -2.10. The predicted octanol–water partition coefficient (Wildman–Crippen LogP) is 3.27. The second kappa shape index (κ2) is 5.60. The van der Waals surface area contributed by atoms with Crippen LogP contribution in [0.15, 0.2) is 42.7 Å². The van der Waals surface area contributed by atoms with Crippen LogP contribution in [-0.4, -0.2) is 20.5 Å². The van der Waals surface area contributed by atoms with E-state index in [0.29, 0.717) is 24.1 Å². The van der Waals surface area contributed by atoms with E-state index in [4.69, 9.17) is 0 Å². The Morgan fingerprint density at radius 2 is 2.09 bits per heavy atom. The van der Waals surface area contributed by atoms with E-state index in [2.05, 4.69) is 4.98 Å². The molecule has 5 heteroatoms. The first-order chi connectivity index (χ1) is 10.5. The molecule has 112 valence electrons. The third-order valence-corrected chi connectivity index (χ3v) is 3.64. The van der Waals surface area contributed by atoms with Crippen LogP contribution in [0.3, 0.4) is 0 Å². The molecule has 3 aromatic rings. The van der Waals surface area contributed by atoms with Crippen LogP contribution < -0.4 is 0 Å². The van der Waals surface area contributed by atoms with Crippen LogP contribution in [0.1, 0.15) is 27.2 Å². The van der Waals surface area contributed by atoms with Gasteiger partial charge < -0.3 is 5.11 Å². The standard InChI is InChI=1S/C17H15FN2O2/c1-11-8-12(10-14(18)9-11)2-3-13-4-5-15-19-6-7-20(15)16(13)17(21)22/h4-10H,2-3H2,1H3,(H,21,22). The number of hydrogen-bond acceptors (Lipinski definition) is 2. The van der Waals surface area contributed by atoms with Gasteiger partial charge in [-0.15, -0.1) is 0 Å². The zero-order valence-electron chi connectivity index (χ0n) is 12.1. The Bertz CT molecular complexity index is 835. The normalized spacial score (nSPS) is 11.0. The van der Waals surface area contributed by atoms with E-state index < -0.39 is 5.97 Å². The molecule has 0 radical (unpaired) electrons. The van der Waals surface area contributed by atoms with Gasteiger partial charge in [-0.3, -0.25) is 4.40 Å². The minimum absolute atomic E-state index is 0.211. The number of hydrogen-bond donors (Lipinski definition) is 1. The van der Waals surface area contributed by atoms with Gasteiger partial charge in [0.15, 0.2) is 0 Å². The number of fused-ring (bicyclic) bond motifs is 1. The maximum atomic E-state index is 13.4. The molecule has 0 bridgehead atoms. The van der Waals surface area contributed by atoms with Crippen molar-refractivity contribution in [3.63, 3.8) is 0 Å². The van der Waals surface area contributed by atoms with Gasteiger partial charge in [-0.25, -0.2) is 14.2 Å². The van der Waals surface area contributed by atoms with Gasteiger partial charge in [0.25, 0.3) is 0 Å². The van der Waals surface area contributed by atoms with Gasteiger partial charge in [-0.2, -0.15) is 0 Å². The van der Waals surface area contributed by atoms with Gasteiger partial charge in [0, 0.05) is 12.4 Å². The average Bonchev–Trinajstić information content (AvgIpc) is 2.91. The van der Waals surface area contributed by atoms with Crippen molar-refractivity contribution in [1.29, 1.82) is 0 Å². The molecule has 0 fully saturated rings. The molecular formula is C17H15FN2O2. The molecule has 0 aliphatic rings. The highest BCUT2D eigenvalue weighted by Crippen LogP contribution is 2.17. The average molecular weight is 298 g/mol. The fourth-order valence-electron chi connectivity index (χ4n) is 2.71. The molecule has 1 aromatic carbocycles. The highest BCUT2D eigenvalue weighted by molar-refractivity contribution is 5.88. The monoisotopic (exact) mass is 298 g/mol. The maximum Gasteiger partial charge on any atom is 0.353 e. The van der Waals surface area contributed by atoms with E-state index in [1.54, 1.807) is 28.9 Å². The molecule has 2 aromatic heterocycles. The van der Waals surface area contributed by atoms with E-state index in [0.717, 1.165) is 11.1 Å². The number of halogens is 1. The highest BCUT2D eigenvalue weighted by atomic mass is 19.1. The summed E-state index contributed by atoms with van der Waals surface area (Å²) >= 11 is 0. The Balaban J connectivity index is 1.93. The minimum Gasteiger partial charge on any atom is -0.477 e. The van der Waals surface area contributed by atoms with Gasteiger partial charge in [-0.1, -0.05) is 12.1 Å². The number of pyridine rings is 1. The molecule has 0 amide bonds. The number of benzene rings is 1. The number of rotatable bonds is 4. The highest BCUT2D eigenvalue weighted by Gasteiger charge is 2.15. The number of nitrogens with zero attached hydrogens (tertiary/aromatic N) is 2. The third-order valence-electron chi connectivity index (χ3n) is 3.64. The molecule has 22 heavy (non-hydrogen) atoms. The van der Waals surface area contributed by atoms with Gasteiger partial charge in [0.2, 0.25) is 0 Å². The number of aromatic nitrogens is 2. The lowest BCUT2D eigenvalue weighted by molar-refractivity contribution is 0.0687. The van der Waals surface area contributed by atoms with E-state index in [9.17, 15) is 14.3 Å². The molecule has 0 aliphatic heterocycles. The van der Waals surface area contributed by atoms with Crippen LogP contribution >= 0.6 is 0 Å². The summed E-state index contributed by atoms with van der Waals surface area (Å²) in [5.74, 6) is -1.26. The fraction of sp³-hybridized carbons (Fsp3) is 0.176. The topological polar surface area (TPSA) is 54.6 Å². The molecule has 0 unspecified atom stereocenters. The molecule has 0 aliphatic carbocycles. The molecule has 1 N–H and O–H groups in total. The number of carboxylic acids is 1. The van der Waals surface area contributed by atoms with Crippen LogP contribution in [0.4, 0.5) is 4.39 Å². The van der Waals surface area contributed by atoms with Crippen LogP contribution in [0.25, 0.3) is 5.65 Å². The molecule has 0 saturated carbocycles. The van der Waals surface area contributed by atoms with Crippen LogP contribution in [0.2, 0.25) is 0 Å². The Kier molecular flexibility index (Phi) is 3.63. The first-order valence-electron chi connectivity index (χ1n) is 6.99. The Morgan fingerprint density at radius 3 is 2.82 bits per heavy atom. The second-order valence-electron chi connectivity index (χ2n) is 5.30. The molecule has 0 atom stereocenters. The first kappa shape index (κ1) is 14.3. The van der Waals surface area contributed by atoms with Gasteiger partial charge in [0.05, 0.1) is 0 Å². The molecule has 2 heterocycles. The smallest absolute Gasteiger partial charge is 0.353 e. The summed E-state index contributed by atoms with van der Waals surface area (Å²) in [7, 11) is 0. The van der Waals surface area contributed by atoms with Crippen LogP contribution in [-0.2, 0) is 12.8 Å². The van der Waals surface area contributed by atoms with E-state index in [1.165, 1.54) is 12.1 Å². The summed E-state index contributed by atoms with van der Waals surface area (Å²) in [4.78, 5) is 15.6. The van der Waals surface area contributed by atoms with Crippen molar-refractivity contribution in [1.82, 2.24) is 9.38 Å². The summed E-state index contributed by atoms with van der Waals surface area (Å²) in [6, 6.07) is 8.45. The van der Waals surface area contributed by atoms with Crippen molar-refractivity contribution >= 4 is 11.6 Å². The molecule has 3 rings (SSSR count). The van der Waals surface area contributed by atoms with Crippen LogP contribution in [0.5, 0.6) is 0 Å². The number of carbonyl (C=O) groups is 1. The summed E-state index contributed by atoms with van der Waals surface area (Å²) in [6.45, 7) is 1.84. The lowest BCUT2D eigenvalue weighted by Gasteiger charge is -2.09. The van der Waals surface area contributed by atoms with Crippen molar-refractivity contribution in [2.24, 2.45) is 0 Å². The van der Waals surface area contributed by atoms with Crippen molar-refractivity contribution < 1.29 is 14.3 Å². The quantitative estimate of drug-likeness (QED) is 0.804. The summed E-state index contributed by atoms with van der Waals surface area (Å²) < 4.78 is 15.0. The molecule has 0 spiro atoms. The third kappa shape index (κ3) is 2.70. The predicted molar refractivity (Wildman–Crippen MR) is 80.7 cm³/mol. The lowest BCUT2D eigenvalue weighted by atomic mass is 10.0. The minimum atomic E-state index is -0.992. The zero-order chi connectivity index (χ0) is 15.7. The van der Waals surface area contributed by atoms with E-state index >= 15 is 0 Å². The van der Waals surface area contributed by atoms with Crippen molar-refractivity contribution in [3.05, 3.63) is 70.9 Å². The first-order valence-corrected chi connectivity index (χ1v) is 6.99. The number of carboxylic acid groups (broad SMARTS) is 1. The Morgan fingerprint density at radius 1 is 1.27 bits per heavy atom. The maximum absolute atomic E-state index is 13.4. The van der Waals surface area contributed by atoms with Gasteiger partial charge in [-0.05, 0) is 54.7 Å². The van der Waals surface area contributed by atoms with Crippen molar-refractivity contribution in [2.75, 3.05) is 0 Å². The number of imidazole rings is 1. The van der Waals surface area contributed by atoms with Crippen molar-refractivity contribution in [3.8, 4) is 0 Å². The van der Waals surface area contributed by atoms with Gasteiger partial charge >= 0.3 is 5.97 Å². The number of aromatic carboxylic acids is 1. The zero-order valence-corrected chi connectivity index (χ0v) is 12.1. The molecule has 0 saturated heterocycles. The van der Waals surface area contributed by atoms with E-state index in [-0.39, 0.29) is 11.5 Å². The molecular weight excluding hydrogens is 283 g/mol. The van der Waals surface area contributed by atoms with E-state index in [1.807, 2.05) is 13.0 Å². The summed E-state index contributed by atoms with van der Waals surface area (Å²) in [6.07, 6.45) is 4.31. The Hall–Kier alpha value is -2.69. The summed E-state index contributed by atoms with van der Waals surface area (Å²) in [5.41, 5.74) is 3.24. The molecule has 4 nitrogen and oxygen atoms in total. The summed E-state index contributed by atoms with van der Waals surface area (Å²) in [5, 5.41) is 9.46. The van der Waals surface area contributed by atoms with Crippen LogP contribution in [0, 0.1) is 12.7 Å². The van der Waals surface area contributed by atoms with Crippen molar-refractivity contribution in [2.45, 2.75) is 19.8 Å².